The van der Waals surface area contributed by atoms with E-state index in [0.29, 0.717) is 5.95 Å². The summed E-state index contributed by atoms with van der Waals surface area (Å²) < 4.78 is 0. The molecule has 0 saturated heterocycles. The second kappa shape index (κ2) is 4.36. The van der Waals surface area contributed by atoms with E-state index < -0.39 is 0 Å². The van der Waals surface area contributed by atoms with Gasteiger partial charge in [-0.1, -0.05) is 12.1 Å². The summed E-state index contributed by atoms with van der Waals surface area (Å²) in [7, 11) is 0. The van der Waals surface area contributed by atoms with Crippen LogP contribution in [0.1, 0.15) is 11.1 Å². The number of hydrogen-bond donors (Lipinski definition) is 4. The van der Waals surface area contributed by atoms with Gasteiger partial charge in [0.2, 0.25) is 5.95 Å². The van der Waals surface area contributed by atoms with Gasteiger partial charge in [0.1, 0.15) is 5.82 Å². The predicted octanol–water partition coefficient (Wildman–Crippen LogP) is 3.31. The highest BCUT2D eigenvalue weighted by Gasteiger charge is 2.29. The second-order valence-corrected chi connectivity index (χ2v) is 5.67. The summed E-state index contributed by atoms with van der Waals surface area (Å²) in [5.74, 6) is 1.71. The van der Waals surface area contributed by atoms with Crippen molar-refractivity contribution in [3.8, 4) is 17.0 Å². The third kappa shape index (κ3) is 1.96. The molecular weight excluding hydrogens is 290 g/mol. The van der Waals surface area contributed by atoms with Gasteiger partial charge < -0.3 is 20.4 Å². The first-order chi connectivity index (χ1) is 11.3. The van der Waals surface area contributed by atoms with E-state index in [9.17, 15) is 5.11 Å². The molecule has 23 heavy (non-hydrogen) atoms. The minimum atomic E-state index is 0.248. The number of imidazole rings is 1. The van der Waals surface area contributed by atoms with Gasteiger partial charge in [0.25, 0.3) is 0 Å². The fourth-order valence-electron chi connectivity index (χ4n) is 2.87. The SMILES string of the molecule is Oc1[nH]c(Nc2nc3ccc(-c4cccnc4)cc3[nH]2)c2c1C2. The minimum Gasteiger partial charge on any atom is -0.494 e. The number of hydrogen-bond acceptors (Lipinski definition) is 4. The molecule has 0 fully saturated rings. The smallest absolute Gasteiger partial charge is 0.206 e. The molecule has 3 aromatic heterocycles. The monoisotopic (exact) mass is 303 g/mol. The fourth-order valence-corrected chi connectivity index (χ4v) is 2.87. The Bertz CT molecular complexity index is 1030. The quantitative estimate of drug-likeness (QED) is 0.411. The number of aromatic nitrogens is 4. The van der Waals surface area contributed by atoms with Crippen molar-refractivity contribution < 1.29 is 5.11 Å². The summed E-state index contributed by atoms with van der Waals surface area (Å²) in [5, 5.41) is 12.8. The normalized spacial score (nSPS) is 12.3. The maximum atomic E-state index is 9.64. The van der Waals surface area contributed by atoms with Crippen LogP contribution in [0.5, 0.6) is 5.88 Å². The van der Waals surface area contributed by atoms with Gasteiger partial charge in [0.15, 0.2) is 5.88 Å². The molecule has 0 bridgehead atoms. The zero-order chi connectivity index (χ0) is 15.4. The Kier molecular flexibility index (Phi) is 2.33. The summed E-state index contributed by atoms with van der Waals surface area (Å²) in [4.78, 5) is 14.9. The number of aromatic amines is 2. The maximum Gasteiger partial charge on any atom is 0.206 e. The molecule has 0 radical (unpaired) electrons. The van der Waals surface area contributed by atoms with E-state index in [0.717, 1.165) is 45.5 Å². The lowest BCUT2D eigenvalue weighted by molar-refractivity contribution is 0.455. The van der Waals surface area contributed by atoms with Crippen molar-refractivity contribution in [3.05, 3.63) is 53.9 Å². The summed E-state index contributed by atoms with van der Waals surface area (Å²) >= 11 is 0. The largest absolute Gasteiger partial charge is 0.494 e. The molecule has 0 unspecified atom stereocenters. The number of pyridine rings is 1. The van der Waals surface area contributed by atoms with Crippen LogP contribution in [-0.2, 0) is 6.42 Å². The fraction of sp³-hybridized carbons (Fsp3) is 0.0588. The molecule has 4 N–H and O–H groups in total. The first kappa shape index (κ1) is 12.3. The summed E-state index contributed by atoms with van der Waals surface area (Å²) in [6.45, 7) is 0. The molecule has 6 nitrogen and oxygen atoms in total. The molecule has 6 heteroatoms. The van der Waals surface area contributed by atoms with Crippen LogP contribution < -0.4 is 5.32 Å². The zero-order valence-electron chi connectivity index (χ0n) is 12.1. The van der Waals surface area contributed by atoms with Gasteiger partial charge in [-0.25, -0.2) is 4.98 Å². The van der Waals surface area contributed by atoms with Crippen LogP contribution in [0.15, 0.2) is 42.7 Å². The average molecular weight is 303 g/mol. The Morgan fingerprint density at radius 2 is 2.04 bits per heavy atom. The number of rotatable bonds is 3. The Labute approximate surface area is 131 Å². The number of H-pyrrole nitrogens is 2. The van der Waals surface area contributed by atoms with Crippen LogP contribution in [0.25, 0.3) is 22.2 Å². The Hall–Kier alpha value is -3.28. The van der Waals surface area contributed by atoms with Crippen LogP contribution in [-0.4, -0.2) is 25.0 Å². The van der Waals surface area contributed by atoms with Crippen molar-refractivity contribution >= 4 is 22.8 Å². The van der Waals surface area contributed by atoms with Crippen LogP contribution in [0, 0.1) is 0 Å². The molecular formula is C17H13N5O. The highest BCUT2D eigenvalue weighted by atomic mass is 16.3. The van der Waals surface area contributed by atoms with Gasteiger partial charge >= 0.3 is 0 Å². The number of fused-ring (bicyclic) bond motifs is 2. The van der Waals surface area contributed by atoms with E-state index in [1.807, 2.05) is 30.5 Å². The lowest BCUT2D eigenvalue weighted by Crippen LogP contribution is -1.93. The highest BCUT2D eigenvalue weighted by Crippen LogP contribution is 2.43. The molecule has 1 aromatic carbocycles. The van der Waals surface area contributed by atoms with Gasteiger partial charge in [0, 0.05) is 35.5 Å². The molecule has 0 spiro atoms. The van der Waals surface area contributed by atoms with Gasteiger partial charge in [0.05, 0.1) is 11.0 Å². The van der Waals surface area contributed by atoms with E-state index >= 15 is 0 Å². The van der Waals surface area contributed by atoms with Crippen molar-refractivity contribution in [2.45, 2.75) is 6.42 Å². The molecule has 1 aliphatic rings. The zero-order valence-corrected chi connectivity index (χ0v) is 12.1. The molecule has 5 rings (SSSR count). The van der Waals surface area contributed by atoms with E-state index in [1.54, 1.807) is 6.20 Å². The molecule has 0 saturated carbocycles. The highest BCUT2D eigenvalue weighted by molar-refractivity contribution is 5.84. The van der Waals surface area contributed by atoms with Crippen molar-refractivity contribution in [3.63, 3.8) is 0 Å². The lowest BCUT2D eigenvalue weighted by atomic mass is 10.1. The molecule has 3 heterocycles. The summed E-state index contributed by atoms with van der Waals surface area (Å²) in [5.41, 5.74) is 6.10. The molecule has 0 amide bonds. The van der Waals surface area contributed by atoms with E-state index in [-0.39, 0.29) is 5.88 Å². The first-order valence-electron chi connectivity index (χ1n) is 7.38. The van der Waals surface area contributed by atoms with Gasteiger partial charge in [-0.2, -0.15) is 0 Å². The van der Waals surface area contributed by atoms with E-state index in [4.69, 9.17) is 0 Å². The number of aromatic hydroxyl groups is 1. The Balaban J connectivity index is 1.51. The van der Waals surface area contributed by atoms with Crippen LogP contribution in [0.3, 0.4) is 0 Å². The standard InChI is InChI=1S/C17H13N5O/c23-16-12-7-11(12)15(21-16)22-17-19-13-4-3-9(6-14(13)20-17)10-2-1-5-18-8-10/h1-6,8,21,23H,7H2,(H2,19,20,22). The number of anilines is 2. The second-order valence-electron chi connectivity index (χ2n) is 5.67. The van der Waals surface area contributed by atoms with Crippen molar-refractivity contribution in [2.24, 2.45) is 0 Å². The van der Waals surface area contributed by atoms with Gasteiger partial charge in [-0.3, -0.25) is 4.98 Å². The Morgan fingerprint density at radius 3 is 2.78 bits per heavy atom. The third-order valence-electron chi connectivity index (χ3n) is 4.14. The molecule has 0 atom stereocenters. The first-order valence-corrected chi connectivity index (χ1v) is 7.38. The topological polar surface area (TPSA) is 89.6 Å². The number of nitrogens with zero attached hydrogens (tertiary/aromatic N) is 2. The molecule has 1 aliphatic carbocycles. The van der Waals surface area contributed by atoms with E-state index in [1.165, 1.54) is 0 Å². The van der Waals surface area contributed by atoms with Gasteiger partial charge in [-0.15, -0.1) is 0 Å². The maximum absolute atomic E-state index is 9.64. The Morgan fingerprint density at radius 1 is 1.09 bits per heavy atom. The average Bonchev–Trinajstić information content (AvgIpc) is 3.19. The predicted molar refractivity (Wildman–Crippen MR) is 87.9 cm³/mol. The summed E-state index contributed by atoms with van der Waals surface area (Å²) in [6.07, 6.45) is 4.45. The molecule has 112 valence electrons. The number of nitrogens with one attached hydrogen (secondary N) is 3. The van der Waals surface area contributed by atoms with Gasteiger partial charge in [-0.05, 0) is 23.8 Å². The van der Waals surface area contributed by atoms with Crippen LogP contribution in [0.4, 0.5) is 11.8 Å². The van der Waals surface area contributed by atoms with Crippen LogP contribution >= 0.6 is 0 Å². The lowest BCUT2D eigenvalue weighted by Gasteiger charge is -2.00. The summed E-state index contributed by atoms with van der Waals surface area (Å²) in [6, 6.07) is 10.0. The third-order valence-corrected chi connectivity index (χ3v) is 4.14. The number of benzene rings is 1. The molecule has 4 aromatic rings. The van der Waals surface area contributed by atoms with E-state index in [2.05, 4.69) is 31.3 Å². The van der Waals surface area contributed by atoms with Crippen LogP contribution in [0.2, 0.25) is 0 Å². The molecule has 0 aliphatic heterocycles. The minimum absolute atomic E-state index is 0.248. The van der Waals surface area contributed by atoms with Crippen molar-refractivity contribution in [1.29, 1.82) is 0 Å². The van der Waals surface area contributed by atoms with Crippen molar-refractivity contribution in [1.82, 2.24) is 19.9 Å². The van der Waals surface area contributed by atoms with Crippen molar-refractivity contribution in [2.75, 3.05) is 5.32 Å².